The molecule has 10 heteroatoms. The molecule has 0 bridgehead atoms. The molecule has 1 fully saturated rings. The zero-order chi connectivity index (χ0) is 24.0. The summed E-state index contributed by atoms with van der Waals surface area (Å²) in [6.45, 7) is 3.78. The first-order valence-corrected chi connectivity index (χ1v) is 11.4. The minimum Gasteiger partial charge on any atom is -0.355 e. The summed E-state index contributed by atoms with van der Waals surface area (Å²) in [6.07, 6.45) is 3.52. The van der Waals surface area contributed by atoms with Crippen molar-refractivity contribution in [2.45, 2.75) is 38.9 Å². The summed E-state index contributed by atoms with van der Waals surface area (Å²) in [6, 6.07) is 9.49. The van der Waals surface area contributed by atoms with Crippen LogP contribution in [-0.4, -0.2) is 42.8 Å². The molecule has 1 aliphatic heterocycles. The number of piperidine rings is 1. The molecule has 34 heavy (non-hydrogen) atoms. The minimum absolute atomic E-state index is 0.00226. The average molecular weight is 459 g/mol. The first-order valence-electron chi connectivity index (χ1n) is 11.4. The first kappa shape index (κ1) is 21.9. The summed E-state index contributed by atoms with van der Waals surface area (Å²) in [5, 5.41) is 10.1. The topological polar surface area (TPSA) is 128 Å². The van der Waals surface area contributed by atoms with Crippen LogP contribution in [0.25, 0.3) is 22.1 Å². The molecule has 0 saturated carbocycles. The number of aromatic nitrogens is 5. The lowest BCUT2D eigenvalue weighted by atomic mass is 10.1. The van der Waals surface area contributed by atoms with E-state index in [1.165, 1.54) is 9.13 Å². The molecule has 4 aromatic heterocycles. The Hall–Kier alpha value is -3.97. The summed E-state index contributed by atoms with van der Waals surface area (Å²) < 4.78 is 4.44. The monoisotopic (exact) mass is 458 g/mol. The molecule has 2 N–H and O–H groups in total. The molecule has 0 aliphatic carbocycles. The fraction of sp³-hybridized carbons (Fsp3) is 0.375. The maximum atomic E-state index is 13.7. The van der Waals surface area contributed by atoms with E-state index >= 15 is 0 Å². The van der Waals surface area contributed by atoms with Crippen LogP contribution in [0.5, 0.6) is 0 Å². The molecule has 0 spiro atoms. The van der Waals surface area contributed by atoms with Gasteiger partial charge in [-0.2, -0.15) is 5.26 Å². The van der Waals surface area contributed by atoms with Gasteiger partial charge in [-0.05, 0) is 44.0 Å². The average Bonchev–Trinajstić information content (AvgIpc) is 3.20. The quantitative estimate of drug-likeness (QED) is 0.488. The molecule has 4 aromatic rings. The van der Waals surface area contributed by atoms with Crippen molar-refractivity contribution in [3.63, 3.8) is 0 Å². The lowest BCUT2D eigenvalue weighted by Crippen LogP contribution is -2.44. The van der Waals surface area contributed by atoms with Gasteiger partial charge in [-0.1, -0.05) is 0 Å². The molecule has 0 amide bonds. The van der Waals surface area contributed by atoms with Crippen LogP contribution < -0.4 is 21.9 Å². The number of nitriles is 1. The van der Waals surface area contributed by atoms with Crippen molar-refractivity contribution in [2.24, 2.45) is 12.8 Å². The number of hydrogen-bond donors (Lipinski definition) is 1. The van der Waals surface area contributed by atoms with Gasteiger partial charge < -0.3 is 15.2 Å². The van der Waals surface area contributed by atoms with E-state index in [-0.39, 0.29) is 12.6 Å². The number of nitrogens with zero attached hydrogens (tertiary/aromatic N) is 7. The fourth-order valence-electron chi connectivity index (χ4n) is 4.96. The third-order valence-corrected chi connectivity index (χ3v) is 6.53. The van der Waals surface area contributed by atoms with Gasteiger partial charge in [0, 0.05) is 38.9 Å². The molecular formula is C24H26N8O2. The lowest BCUT2D eigenvalue weighted by Gasteiger charge is -2.33. The molecule has 5 heterocycles. The van der Waals surface area contributed by atoms with Gasteiger partial charge in [0.05, 0.1) is 28.8 Å². The molecule has 1 saturated heterocycles. The first-order chi connectivity index (χ1) is 16.4. The third-order valence-electron chi connectivity index (χ3n) is 6.53. The van der Waals surface area contributed by atoms with Crippen molar-refractivity contribution in [2.75, 3.05) is 18.0 Å². The Balaban J connectivity index is 1.73. The maximum Gasteiger partial charge on any atom is 0.331 e. The Bertz CT molecular complexity index is 1570. The molecule has 1 aliphatic rings. The van der Waals surface area contributed by atoms with Crippen LogP contribution in [0.3, 0.4) is 0 Å². The Morgan fingerprint density at radius 1 is 1.18 bits per heavy atom. The Morgan fingerprint density at radius 2 is 2.00 bits per heavy atom. The summed E-state index contributed by atoms with van der Waals surface area (Å²) in [7, 11) is 1.60. The summed E-state index contributed by atoms with van der Waals surface area (Å²) in [5.74, 6) is 0.662. The van der Waals surface area contributed by atoms with Gasteiger partial charge in [0.1, 0.15) is 23.0 Å². The second-order valence-electron chi connectivity index (χ2n) is 8.68. The number of fused-ring (bicyclic) bond motifs is 2. The van der Waals surface area contributed by atoms with E-state index in [1.807, 2.05) is 23.6 Å². The van der Waals surface area contributed by atoms with Crippen LogP contribution in [0.2, 0.25) is 0 Å². The maximum absolute atomic E-state index is 13.7. The molecule has 1 atom stereocenters. The molecule has 174 valence electrons. The zero-order valence-electron chi connectivity index (χ0n) is 19.2. The molecule has 10 nitrogen and oxygen atoms in total. The van der Waals surface area contributed by atoms with Gasteiger partial charge in [-0.25, -0.2) is 9.78 Å². The number of nitrogens with two attached hydrogens (primary N) is 1. The van der Waals surface area contributed by atoms with Gasteiger partial charge in [0.15, 0.2) is 0 Å². The summed E-state index contributed by atoms with van der Waals surface area (Å²) in [5.41, 5.74) is 8.34. The van der Waals surface area contributed by atoms with Crippen LogP contribution in [0.15, 0.2) is 40.1 Å². The highest BCUT2D eigenvalue weighted by molar-refractivity contribution is 5.90. The van der Waals surface area contributed by atoms with Crippen LogP contribution in [0, 0.1) is 11.3 Å². The van der Waals surface area contributed by atoms with E-state index in [0.29, 0.717) is 46.7 Å². The highest BCUT2D eigenvalue weighted by atomic mass is 16.2. The van der Waals surface area contributed by atoms with E-state index in [9.17, 15) is 14.9 Å². The normalized spacial score (nSPS) is 16.3. The van der Waals surface area contributed by atoms with Crippen LogP contribution in [0.1, 0.15) is 31.0 Å². The van der Waals surface area contributed by atoms with Crippen molar-refractivity contribution < 1.29 is 0 Å². The van der Waals surface area contributed by atoms with E-state index in [0.717, 1.165) is 24.9 Å². The highest BCUT2D eigenvalue weighted by Gasteiger charge is 2.29. The van der Waals surface area contributed by atoms with Crippen molar-refractivity contribution in [3.05, 3.63) is 62.6 Å². The van der Waals surface area contributed by atoms with Gasteiger partial charge in [-0.15, -0.1) is 0 Å². The SMILES string of the molecule is CCn1c(N2CCC[C@@H](N)C2)c(C#N)c2c1c(=O)n(Cc1ccc3ncccc3n1)c(=O)n2C. The number of anilines is 1. The van der Waals surface area contributed by atoms with E-state index in [4.69, 9.17) is 5.73 Å². The van der Waals surface area contributed by atoms with Gasteiger partial charge >= 0.3 is 5.69 Å². The Labute approximate surface area is 195 Å². The Kier molecular flexibility index (Phi) is 5.42. The predicted molar refractivity (Wildman–Crippen MR) is 130 cm³/mol. The summed E-state index contributed by atoms with van der Waals surface area (Å²) in [4.78, 5) is 37.9. The van der Waals surface area contributed by atoms with Gasteiger partial charge in [0.25, 0.3) is 5.56 Å². The predicted octanol–water partition coefficient (Wildman–Crippen LogP) is 1.31. The molecule has 0 aromatic carbocycles. The van der Waals surface area contributed by atoms with Crippen LogP contribution in [0.4, 0.5) is 5.82 Å². The van der Waals surface area contributed by atoms with E-state index < -0.39 is 11.2 Å². The number of hydrogen-bond acceptors (Lipinski definition) is 7. The second kappa shape index (κ2) is 8.43. The second-order valence-corrected chi connectivity index (χ2v) is 8.68. The minimum atomic E-state index is -0.489. The fourth-order valence-corrected chi connectivity index (χ4v) is 4.96. The van der Waals surface area contributed by atoms with Crippen LogP contribution >= 0.6 is 0 Å². The van der Waals surface area contributed by atoms with E-state index in [1.54, 1.807) is 25.4 Å². The molecule has 0 unspecified atom stereocenters. The third kappa shape index (κ3) is 3.36. The molecule has 5 rings (SSSR count). The highest BCUT2D eigenvalue weighted by Crippen LogP contribution is 2.31. The smallest absolute Gasteiger partial charge is 0.331 e. The number of pyridine rings is 2. The summed E-state index contributed by atoms with van der Waals surface area (Å²) >= 11 is 0. The lowest BCUT2D eigenvalue weighted by molar-refractivity contribution is 0.498. The van der Waals surface area contributed by atoms with Gasteiger partial charge in [0.2, 0.25) is 0 Å². The zero-order valence-corrected chi connectivity index (χ0v) is 19.2. The number of rotatable bonds is 4. The largest absolute Gasteiger partial charge is 0.355 e. The Morgan fingerprint density at radius 3 is 2.74 bits per heavy atom. The van der Waals surface area contributed by atoms with Gasteiger partial charge in [-0.3, -0.25) is 18.9 Å². The van der Waals surface area contributed by atoms with Crippen molar-refractivity contribution >= 4 is 27.9 Å². The van der Waals surface area contributed by atoms with Crippen molar-refractivity contribution in [3.8, 4) is 6.07 Å². The van der Waals surface area contributed by atoms with E-state index in [2.05, 4.69) is 20.9 Å². The van der Waals surface area contributed by atoms with Crippen molar-refractivity contribution in [1.82, 2.24) is 23.7 Å². The van der Waals surface area contributed by atoms with Crippen molar-refractivity contribution in [1.29, 1.82) is 5.26 Å². The molecule has 0 radical (unpaired) electrons. The van der Waals surface area contributed by atoms with Crippen LogP contribution in [-0.2, 0) is 20.1 Å². The number of aryl methyl sites for hydroxylation is 2. The molecular weight excluding hydrogens is 432 g/mol. The standard InChI is InChI=1S/C24H26N8O2/c1-3-31-21-20(17(12-25)22(31)30-11-5-6-15(26)13-30)29(2)24(34)32(23(21)33)14-16-8-9-18-19(28-16)7-4-10-27-18/h4,7-10,15H,3,5-6,11,13-14,26H2,1-2H3/t15-/m1/s1.